The molecule has 1 atom stereocenters. The molecule has 4 aliphatic rings. The van der Waals surface area contributed by atoms with E-state index in [1.165, 1.54) is 15.8 Å². The van der Waals surface area contributed by atoms with Gasteiger partial charge in [-0.25, -0.2) is 33.1 Å². The monoisotopic (exact) mass is 2060 g/mol. The number of hydrogen-bond donors (Lipinski definition) is 0. The van der Waals surface area contributed by atoms with Gasteiger partial charge in [0.1, 0.15) is 29.1 Å². The maximum absolute atomic E-state index is 14.5. The van der Waals surface area contributed by atoms with Crippen molar-refractivity contribution in [2.24, 2.45) is 0 Å². The van der Waals surface area contributed by atoms with Gasteiger partial charge in [-0.05, 0) is 153 Å². The molecule has 0 amide bonds. The van der Waals surface area contributed by atoms with Gasteiger partial charge in [0.05, 0.1) is 84.1 Å². The molecule has 0 fully saturated rings. The van der Waals surface area contributed by atoms with Crippen LogP contribution in [0.25, 0.3) is 0 Å². The molecule has 0 radical (unpaired) electrons. The quantitative estimate of drug-likeness (QED) is 0.0668. The number of thiophene rings is 2. The van der Waals surface area contributed by atoms with E-state index in [1.54, 1.807) is 43.6 Å². The van der Waals surface area contributed by atoms with Crippen LogP contribution >= 0.6 is 54.5 Å². The van der Waals surface area contributed by atoms with Crippen LogP contribution in [-0.4, -0.2) is 84.0 Å². The fraction of sp³-hybridized carbons (Fsp3) is 0.243. The highest BCUT2D eigenvalue weighted by Crippen LogP contribution is 2.40. The van der Waals surface area contributed by atoms with Crippen LogP contribution in [0.1, 0.15) is 182 Å². The molecule has 4 aliphatic heterocycles. The third-order valence-electron chi connectivity index (χ3n) is 26.2. The third kappa shape index (κ3) is 22.2. The molecule has 20 rings (SSSR count). The highest BCUT2D eigenvalue weighted by Gasteiger charge is 2.40. The van der Waals surface area contributed by atoms with E-state index in [9.17, 15) is 58.7 Å². The molecule has 10 aromatic carbocycles. The predicted molar refractivity (Wildman–Crippen MR) is 536 cm³/mol. The van der Waals surface area contributed by atoms with E-state index in [4.69, 9.17) is 19.9 Å². The first-order valence-electron chi connectivity index (χ1n) is 46.1. The molecule has 0 saturated heterocycles. The second-order valence-electron chi connectivity index (χ2n) is 35.3. The van der Waals surface area contributed by atoms with E-state index in [-0.39, 0.29) is 65.6 Å². The van der Waals surface area contributed by atoms with Crippen molar-refractivity contribution in [1.82, 2.24) is 57.8 Å². The van der Waals surface area contributed by atoms with Crippen molar-refractivity contribution >= 4 is 54.5 Å². The maximum atomic E-state index is 14.5. The summed E-state index contributed by atoms with van der Waals surface area (Å²) < 4.78 is 130. The predicted octanol–water partition coefficient (Wildman–Crippen LogP) is 23.7. The van der Waals surface area contributed by atoms with Gasteiger partial charge in [0, 0.05) is 129 Å². The van der Waals surface area contributed by atoms with Crippen molar-refractivity contribution in [2.45, 2.75) is 149 Å². The molecular weight excluding hydrogens is 1960 g/mol. The van der Waals surface area contributed by atoms with Crippen LogP contribution in [0, 0.1) is 45.1 Å². The van der Waals surface area contributed by atoms with Gasteiger partial charge in [-0.15, -0.1) is 22.7 Å². The summed E-state index contributed by atoms with van der Waals surface area (Å²) in [7, 11) is 0. The lowest BCUT2D eigenvalue weighted by Crippen LogP contribution is -2.41. The van der Waals surface area contributed by atoms with E-state index in [0.717, 1.165) is 150 Å². The Kier molecular flexibility index (Phi) is 30.8. The van der Waals surface area contributed by atoms with Gasteiger partial charge in [0.15, 0.2) is 11.6 Å². The Bertz CT molecular complexity index is 6970. The standard InChI is InChI=1S/C30H27F4N3O.C29H24F5N3O.2C26H24BrN3OS/c1-19(23-13-14-25(26(31)17-23)30(32,33)34)36-16-15-27-24(18-36)29(38)37(20(2)35-27)28(21-9-5-3-6-10-21)22-11-7-4-8-12-22;1-18-35-24-14-15-36(16-21-12-13-23(29(32,33)34)26(31)25(21)30)17-22(24)28(38)37(18)27(19-8-4-2-5-9-19)20-10-6-3-7-11-20;1-18-28-24-12-13-29(15-22-14-21(27)17-32-22)16-23(24)26(31)30(18)25(19-8-4-2-5-9-19)20-10-6-3-7-11-20;1-18-28-23-14-15-29(16-21-12-13-24(27)32-21)17-22(23)26(31)30(18)25(19-8-4-2-5-9-19)20-10-6-3-7-11-20/h3-14,17,19,28H,15-16,18H2,1-2H3;2-13,27H,14-17H2,1H3;2-11,14,17,25H,12-13,15-16H2,1H3;2-13,25H,14-17H2,1H3/t19-;;;/m0.../s1. The van der Waals surface area contributed by atoms with Crippen molar-refractivity contribution in [3.63, 3.8) is 0 Å². The molecule has 716 valence electrons. The van der Waals surface area contributed by atoms with Gasteiger partial charge in [0.25, 0.3) is 22.2 Å². The molecule has 29 heteroatoms. The number of alkyl halides is 6. The number of nitrogens with zero attached hydrogens (tertiary/aromatic N) is 12. The van der Waals surface area contributed by atoms with E-state index in [1.807, 2.05) is 236 Å². The number of hydrogen-bond acceptors (Lipinski definition) is 14. The molecule has 0 aliphatic carbocycles. The first-order chi connectivity index (χ1) is 67.5. The van der Waals surface area contributed by atoms with E-state index in [0.29, 0.717) is 79.1 Å². The van der Waals surface area contributed by atoms with Crippen molar-refractivity contribution in [1.29, 1.82) is 0 Å². The number of rotatable bonds is 20. The Balaban J connectivity index is 0.000000129. The minimum Gasteiger partial charge on any atom is -0.294 e. The van der Waals surface area contributed by atoms with Crippen LogP contribution in [0.2, 0.25) is 0 Å². The summed E-state index contributed by atoms with van der Waals surface area (Å²) in [6.07, 6.45) is -7.21. The molecule has 0 unspecified atom stereocenters. The second kappa shape index (κ2) is 43.6. The van der Waals surface area contributed by atoms with Gasteiger partial charge >= 0.3 is 12.4 Å². The van der Waals surface area contributed by atoms with Crippen molar-refractivity contribution in [2.75, 3.05) is 26.2 Å². The Labute approximate surface area is 829 Å². The molecule has 6 aromatic heterocycles. The Morgan fingerprint density at radius 2 is 0.650 bits per heavy atom. The molecule has 10 heterocycles. The average Bonchev–Trinajstić information content (AvgIpc) is 0.931. The highest BCUT2D eigenvalue weighted by atomic mass is 79.9. The summed E-state index contributed by atoms with van der Waals surface area (Å²) in [5.74, 6) is -2.05. The summed E-state index contributed by atoms with van der Waals surface area (Å²) in [6, 6.07) is 88.9. The molecule has 16 aromatic rings. The highest BCUT2D eigenvalue weighted by molar-refractivity contribution is 9.11. The molecule has 0 saturated carbocycles. The normalized spacial score (nSPS) is 14.3. The fourth-order valence-electron chi connectivity index (χ4n) is 19.3. The lowest BCUT2D eigenvalue weighted by Gasteiger charge is -2.34. The smallest absolute Gasteiger partial charge is 0.294 e. The van der Waals surface area contributed by atoms with Gasteiger partial charge in [-0.1, -0.05) is 255 Å². The van der Waals surface area contributed by atoms with Crippen LogP contribution in [0.3, 0.4) is 0 Å². The summed E-state index contributed by atoms with van der Waals surface area (Å²) in [4.78, 5) is 86.2. The van der Waals surface area contributed by atoms with Crippen molar-refractivity contribution in [3.8, 4) is 0 Å². The molecule has 0 spiro atoms. The van der Waals surface area contributed by atoms with E-state index >= 15 is 0 Å². The largest absolute Gasteiger partial charge is 0.419 e. The lowest BCUT2D eigenvalue weighted by atomic mass is 9.97. The number of fused-ring (bicyclic) bond motifs is 4. The Morgan fingerprint density at radius 3 is 0.950 bits per heavy atom. The zero-order chi connectivity index (χ0) is 98.2. The van der Waals surface area contributed by atoms with Crippen LogP contribution < -0.4 is 22.2 Å². The van der Waals surface area contributed by atoms with Gasteiger partial charge in [-0.3, -0.25) is 57.0 Å². The maximum Gasteiger partial charge on any atom is 0.419 e. The number of halogens is 11. The zero-order valence-corrected chi connectivity index (χ0v) is 82.1. The summed E-state index contributed by atoms with van der Waals surface area (Å²) in [5.41, 5.74) is 11.0. The van der Waals surface area contributed by atoms with Crippen molar-refractivity contribution < 1.29 is 39.5 Å². The first-order valence-corrected chi connectivity index (χ1v) is 49.4. The van der Waals surface area contributed by atoms with E-state index in [2.05, 4.69) is 114 Å². The van der Waals surface area contributed by atoms with Crippen LogP contribution in [0.15, 0.2) is 324 Å². The van der Waals surface area contributed by atoms with Crippen LogP contribution in [0.5, 0.6) is 0 Å². The second-order valence-corrected chi connectivity index (χ2v) is 39.7. The Hall–Kier alpha value is -12.7. The summed E-state index contributed by atoms with van der Waals surface area (Å²) >= 11 is 10.6. The van der Waals surface area contributed by atoms with Gasteiger partial charge in [-0.2, -0.15) is 26.3 Å². The molecule has 0 N–H and O–H groups in total. The van der Waals surface area contributed by atoms with Gasteiger partial charge < -0.3 is 0 Å². The fourth-order valence-corrected chi connectivity index (χ4v) is 22.4. The molecule has 140 heavy (non-hydrogen) atoms. The Morgan fingerprint density at radius 1 is 0.343 bits per heavy atom. The lowest BCUT2D eigenvalue weighted by molar-refractivity contribution is -0.141. The SMILES string of the molecule is Cc1nc2c(c(=O)n1C(c1ccccc1)c1ccccc1)CN(Cc1cc(Br)cs1)CC2.Cc1nc2c(c(=O)n1C(c1ccccc1)c1ccccc1)CN(Cc1ccc(Br)s1)CC2.Cc1nc2c(c(=O)n1C(c1ccccc1)c1ccccc1)CN(Cc1ccc(C(F)(F)F)c(F)c1F)CC2.Cc1nc2c(c(=O)n1C(c1ccccc1)c1ccccc1)CN([C@@H](C)c1ccc(C(F)(F)F)c(F)c1)CC2. The van der Waals surface area contributed by atoms with E-state index < -0.39 is 53.0 Å². The third-order valence-corrected chi connectivity index (χ3v) is 29.5. The number of benzene rings is 10. The van der Waals surface area contributed by atoms with Crippen LogP contribution in [-0.2, 0) is 83.8 Å². The minimum absolute atomic E-state index is 0.0715. The van der Waals surface area contributed by atoms with Crippen molar-refractivity contribution in [3.05, 3.63) is 509 Å². The van der Waals surface area contributed by atoms with Crippen LogP contribution in [0.4, 0.5) is 39.5 Å². The molecular formula is C111H99Br2F9N12O4S2. The summed E-state index contributed by atoms with van der Waals surface area (Å²) in [6.45, 7) is 15.3. The molecule has 16 nitrogen and oxygen atoms in total. The minimum atomic E-state index is -4.99. The number of aromatic nitrogens is 8. The first kappa shape index (κ1) is 98.9. The summed E-state index contributed by atoms with van der Waals surface area (Å²) in [5, 5.41) is 2.11. The van der Waals surface area contributed by atoms with Gasteiger partial charge in [0.2, 0.25) is 0 Å². The average molecular weight is 2060 g/mol. The zero-order valence-electron chi connectivity index (χ0n) is 77.3. The molecule has 0 bridgehead atoms. The number of aryl methyl sites for hydroxylation is 4. The topological polar surface area (TPSA) is 153 Å².